The number of hydrogen-bond donors (Lipinski definition) is 0. The number of carbonyl (C=O) groups excluding carboxylic acids is 1. The molecule has 1 aromatic carbocycles. The summed E-state index contributed by atoms with van der Waals surface area (Å²) < 4.78 is 22.5. The van der Waals surface area contributed by atoms with Gasteiger partial charge in [0.15, 0.2) is 9.84 Å². The van der Waals surface area contributed by atoms with Crippen LogP contribution in [0.25, 0.3) is 0 Å². The molecule has 0 N–H and O–H groups in total. The first-order chi connectivity index (χ1) is 6.80. The van der Waals surface area contributed by atoms with Crippen LogP contribution in [-0.2, 0) is 21.1 Å². The minimum Gasteiger partial charge on any atom is -0.300 e. The lowest BCUT2D eigenvalue weighted by Gasteiger charge is -2.05. The van der Waals surface area contributed by atoms with Gasteiger partial charge in [-0.1, -0.05) is 6.07 Å². The molecule has 0 atom stereocenters. The fourth-order valence-electron chi connectivity index (χ4n) is 1.37. The molecule has 0 heterocycles. The molecule has 0 unspecified atom stereocenters. The first kappa shape index (κ1) is 11.9. The number of rotatable bonds is 3. The summed E-state index contributed by atoms with van der Waals surface area (Å²) in [5.74, 6) is 0.0743. The van der Waals surface area contributed by atoms with Crippen molar-refractivity contribution in [1.82, 2.24) is 0 Å². The Kier molecular flexibility index (Phi) is 3.29. The maximum atomic E-state index is 11.3. The SMILES string of the molecule is CC(=O)Cc1ccc(S(C)(=O)=O)cc1C. The van der Waals surface area contributed by atoms with E-state index >= 15 is 0 Å². The molecule has 0 aliphatic heterocycles. The molecular weight excluding hydrogens is 212 g/mol. The van der Waals surface area contributed by atoms with Gasteiger partial charge < -0.3 is 0 Å². The third kappa shape index (κ3) is 3.16. The van der Waals surface area contributed by atoms with Gasteiger partial charge in [-0.3, -0.25) is 4.79 Å². The van der Waals surface area contributed by atoms with Crippen molar-refractivity contribution in [2.45, 2.75) is 25.2 Å². The van der Waals surface area contributed by atoms with E-state index in [2.05, 4.69) is 0 Å². The summed E-state index contributed by atoms with van der Waals surface area (Å²) in [6.45, 7) is 3.33. The van der Waals surface area contributed by atoms with E-state index in [1.54, 1.807) is 18.2 Å². The van der Waals surface area contributed by atoms with E-state index in [0.717, 1.165) is 11.1 Å². The second kappa shape index (κ2) is 4.14. The highest BCUT2D eigenvalue weighted by Gasteiger charge is 2.09. The predicted molar refractivity (Wildman–Crippen MR) is 58.7 cm³/mol. The molecule has 0 aliphatic carbocycles. The Labute approximate surface area is 90.0 Å². The Morgan fingerprint density at radius 1 is 1.33 bits per heavy atom. The second-order valence-electron chi connectivity index (χ2n) is 3.74. The van der Waals surface area contributed by atoms with Gasteiger partial charge in [0.25, 0.3) is 0 Å². The Morgan fingerprint density at radius 2 is 1.93 bits per heavy atom. The number of sulfone groups is 1. The highest BCUT2D eigenvalue weighted by Crippen LogP contribution is 2.15. The molecule has 0 amide bonds. The molecule has 0 spiro atoms. The molecule has 1 rings (SSSR count). The van der Waals surface area contributed by atoms with Crippen LogP contribution in [0.15, 0.2) is 23.1 Å². The van der Waals surface area contributed by atoms with Crippen LogP contribution in [0.3, 0.4) is 0 Å². The van der Waals surface area contributed by atoms with Crippen molar-refractivity contribution in [2.24, 2.45) is 0 Å². The minimum atomic E-state index is -3.16. The van der Waals surface area contributed by atoms with Gasteiger partial charge in [0.1, 0.15) is 5.78 Å². The van der Waals surface area contributed by atoms with Crippen LogP contribution >= 0.6 is 0 Å². The largest absolute Gasteiger partial charge is 0.300 e. The van der Waals surface area contributed by atoms with Crippen molar-refractivity contribution in [3.63, 3.8) is 0 Å². The molecule has 0 bridgehead atoms. The molecule has 4 heteroatoms. The number of benzene rings is 1. The minimum absolute atomic E-state index is 0.0743. The topological polar surface area (TPSA) is 51.2 Å². The van der Waals surface area contributed by atoms with Gasteiger partial charge in [0, 0.05) is 12.7 Å². The van der Waals surface area contributed by atoms with E-state index in [1.807, 2.05) is 6.92 Å². The second-order valence-corrected chi connectivity index (χ2v) is 5.75. The summed E-state index contributed by atoms with van der Waals surface area (Å²) in [5.41, 5.74) is 1.73. The molecule has 3 nitrogen and oxygen atoms in total. The lowest BCUT2D eigenvalue weighted by Crippen LogP contribution is -2.02. The summed E-state index contributed by atoms with van der Waals surface area (Å²) in [4.78, 5) is 11.2. The van der Waals surface area contributed by atoms with E-state index in [4.69, 9.17) is 0 Å². The fourth-order valence-corrected chi connectivity index (χ4v) is 2.07. The van der Waals surface area contributed by atoms with Crippen molar-refractivity contribution in [3.8, 4) is 0 Å². The molecule has 82 valence electrons. The fraction of sp³-hybridized carbons (Fsp3) is 0.364. The lowest BCUT2D eigenvalue weighted by atomic mass is 10.0. The Balaban J connectivity index is 3.15. The maximum Gasteiger partial charge on any atom is 0.175 e. The molecular formula is C11H14O3S. The smallest absolute Gasteiger partial charge is 0.175 e. The number of Topliss-reactive ketones (excluding diaryl/α,β-unsaturated/α-hetero) is 1. The van der Waals surface area contributed by atoms with E-state index in [0.29, 0.717) is 11.3 Å². The van der Waals surface area contributed by atoms with Gasteiger partial charge >= 0.3 is 0 Å². The first-order valence-electron chi connectivity index (χ1n) is 4.59. The van der Waals surface area contributed by atoms with E-state index < -0.39 is 9.84 Å². The zero-order valence-corrected chi connectivity index (χ0v) is 9.89. The molecule has 15 heavy (non-hydrogen) atoms. The van der Waals surface area contributed by atoms with Crippen molar-refractivity contribution >= 4 is 15.6 Å². The van der Waals surface area contributed by atoms with Crippen molar-refractivity contribution in [3.05, 3.63) is 29.3 Å². The van der Waals surface area contributed by atoms with Crippen LogP contribution in [0.2, 0.25) is 0 Å². The van der Waals surface area contributed by atoms with Crippen LogP contribution in [0.5, 0.6) is 0 Å². The van der Waals surface area contributed by atoms with Crippen molar-refractivity contribution in [2.75, 3.05) is 6.26 Å². The van der Waals surface area contributed by atoms with Crippen molar-refractivity contribution < 1.29 is 13.2 Å². The van der Waals surface area contributed by atoms with Gasteiger partial charge in [-0.15, -0.1) is 0 Å². The number of ketones is 1. The number of carbonyl (C=O) groups is 1. The van der Waals surface area contributed by atoms with Crippen LogP contribution in [0.1, 0.15) is 18.1 Å². The summed E-state index contributed by atoms with van der Waals surface area (Å²) >= 11 is 0. The molecule has 0 saturated carbocycles. The van der Waals surface area contributed by atoms with Gasteiger partial charge in [-0.05, 0) is 37.1 Å². The van der Waals surface area contributed by atoms with Gasteiger partial charge in [0.2, 0.25) is 0 Å². The predicted octanol–water partition coefficient (Wildman–Crippen LogP) is 1.53. The highest BCUT2D eigenvalue weighted by molar-refractivity contribution is 7.90. The summed E-state index contributed by atoms with van der Waals surface area (Å²) in [6.07, 6.45) is 1.53. The molecule has 0 aromatic heterocycles. The third-order valence-corrected chi connectivity index (χ3v) is 3.29. The van der Waals surface area contributed by atoms with Crippen molar-refractivity contribution in [1.29, 1.82) is 0 Å². The number of hydrogen-bond acceptors (Lipinski definition) is 3. The highest BCUT2D eigenvalue weighted by atomic mass is 32.2. The van der Waals surface area contributed by atoms with Crippen LogP contribution in [0, 0.1) is 6.92 Å². The Bertz CT molecular complexity index is 487. The quantitative estimate of drug-likeness (QED) is 0.785. The summed E-state index contributed by atoms with van der Waals surface area (Å²) in [7, 11) is -3.16. The standard InChI is InChI=1S/C11H14O3S/c1-8-6-11(15(3,13)14)5-4-10(8)7-9(2)12/h4-6H,7H2,1-3H3. The maximum absolute atomic E-state index is 11.3. The van der Waals surface area contributed by atoms with E-state index in [9.17, 15) is 13.2 Å². The lowest BCUT2D eigenvalue weighted by molar-refractivity contribution is -0.116. The molecule has 0 aliphatic rings. The Morgan fingerprint density at radius 3 is 2.33 bits per heavy atom. The first-order valence-corrected chi connectivity index (χ1v) is 6.49. The zero-order chi connectivity index (χ0) is 11.6. The average molecular weight is 226 g/mol. The van der Waals surface area contributed by atoms with Crippen LogP contribution in [0.4, 0.5) is 0 Å². The van der Waals surface area contributed by atoms with Crippen LogP contribution < -0.4 is 0 Å². The third-order valence-electron chi connectivity index (χ3n) is 2.18. The summed E-state index contributed by atoms with van der Waals surface area (Å²) in [5, 5.41) is 0. The zero-order valence-electron chi connectivity index (χ0n) is 9.07. The normalized spacial score (nSPS) is 11.4. The Hall–Kier alpha value is -1.16. The molecule has 0 radical (unpaired) electrons. The monoisotopic (exact) mass is 226 g/mol. The molecule has 1 aromatic rings. The van der Waals surface area contributed by atoms with E-state index in [1.165, 1.54) is 13.2 Å². The average Bonchev–Trinajstić information content (AvgIpc) is 2.05. The van der Waals surface area contributed by atoms with Gasteiger partial charge in [-0.25, -0.2) is 8.42 Å². The van der Waals surface area contributed by atoms with E-state index in [-0.39, 0.29) is 5.78 Å². The molecule has 0 saturated heterocycles. The molecule has 0 fully saturated rings. The van der Waals surface area contributed by atoms with Gasteiger partial charge in [0.05, 0.1) is 4.90 Å². The summed E-state index contributed by atoms with van der Waals surface area (Å²) in [6, 6.07) is 4.85. The van der Waals surface area contributed by atoms with Gasteiger partial charge in [-0.2, -0.15) is 0 Å². The van der Waals surface area contributed by atoms with Crippen LogP contribution in [-0.4, -0.2) is 20.5 Å². The number of aryl methyl sites for hydroxylation is 1.